The number of halogens is 3. The van der Waals surface area contributed by atoms with Crippen molar-refractivity contribution < 1.29 is 14.1 Å². The van der Waals surface area contributed by atoms with Gasteiger partial charge in [0.05, 0.1) is 18.3 Å². The number of hydrazone groups is 1. The van der Waals surface area contributed by atoms with Gasteiger partial charge in [-0.15, -0.1) is 0 Å². The molecule has 10 heteroatoms. The topological polar surface area (TPSA) is 89.7 Å². The van der Waals surface area contributed by atoms with E-state index in [9.17, 15) is 14.5 Å². The van der Waals surface area contributed by atoms with Gasteiger partial charge in [0.2, 0.25) is 5.82 Å². The maximum atomic E-state index is 13.3. The Morgan fingerprint density at radius 2 is 1.97 bits per heavy atom. The van der Waals surface area contributed by atoms with E-state index in [1.54, 1.807) is 18.3 Å². The first kappa shape index (κ1) is 21.4. The summed E-state index contributed by atoms with van der Waals surface area (Å²) in [5.41, 5.74) is 3.96. The minimum Gasteiger partial charge on any atom is -0.487 e. The Hall–Kier alpha value is -2.35. The average Bonchev–Trinajstić information content (AvgIpc) is 2.67. The van der Waals surface area contributed by atoms with Crippen LogP contribution in [0.15, 0.2) is 59.8 Å². The first-order valence-electron chi connectivity index (χ1n) is 8.19. The van der Waals surface area contributed by atoms with Crippen molar-refractivity contribution in [2.24, 2.45) is 5.10 Å². The maximum Gasteiger partial charge on any atom is 0.313 e. The first-order valence-corrected chi connectivity index (χ1v) is 10.3. The number of hydrogen-bond donors (Lipinski definition) is 1. The molecule has 1 aromatic heterocycles. The molecule has 1 heterocycles. The summed E-state index contributed by atoms with van der Waals surface area (Å²) in [5, 5.41) is 15.0. The Kier molecular flexibility index (Phi) is 7.30. The molecule has 0 aliphatic carbocycles. The van der Waals surface area contributed by atoms with Crippen molar-refractivity contribution in [2.45, 2.75) is 6.61 Å². The minimum atomic E-state index is -0.526. The summed E-state index contributed by atoms with van der Waals surface area (Å²) in [5.74, 6) is 0.455. The van der Waals surface area contributed by atoms with Crippen molar-refractivity contribution in [3.8, 4) is 5.75 Å². The normalized spacial score (nSPS) is 10.9. The Bertz CT molecular complexity index is 1060. The highest BCUT2D eigenvalue weighted by Gasteiger charge is 2.13. The van der Waals surface area contributed by atoms with Crippen LogP contribution in [-0.4, -0.2) is 16.1 Å². The van der Waals surface area contributed by atoms with E-state index in [-0.39, 0.29) is 23.9 Å². The molecule has 7 nitrogen and oxygen atoms in total. The van der Waals surface area contributed by atoms with E-state index in [1.807, 2.05) is 12.1 Å². The Balaban J connectivity index is 1.70. The molecular weight excluding hydrogens is 605 g/mol. The van der Waals surface area contributed by atoms with E-state index in [4.69, 9.17) is 4.74 Å². The van der Waals surface area contributed by atoms with Crippen molar-refractivity contribution in [3.63, 3.8) is 0 Å². The number of nitrogens with one attached hydrogen (secondary N) is 1. The number of nitrogens with zero attached hydrogens (tertiary/aromatic N) is 3. The third-order valence-corrected chi connectivity index (χ3v) is 5.26. The van der Waals surface area contributed by atoms with Crippen LogP contribution >= 0.6 is 45.2 Å². The first-order chi connectivity index (χ1) is 13.9. The van der Waals surface area contributed by atoms with Crippen LogP contribution in [-0.2, 0) is 6.61 Å². The molecule has 0 atom stereocenters. The fraction of sp³-hybridized carbons (Fsp3) is 0.0526. The van der Waals surface area contributed by atoms with Crippen molar-refractivity contribution in [2.75, 3.05) is 5.43 Å². The summed E-state index contributed by atoms with van der Waals surface area (Å²) in [6.45, 7) is 0.252. The molecule has 0 radical (unpaired) electrons. The molecule has 0 saturated heterocycles. The van der Waals surface area contributed by atoms with Gasteiger partial charge in [-0.05, 0) is 86.6 Å². The van der Waals surface area contributed by atoms with Gasteiger partial charge in [-0.3, -0.25) is 15.5 Å². The zero-order valence-corrected chi connectivity index (χ0v) is 19.0. The molecule has 0 aliphatic heterocycles. The fourth-order valence-electron chi connectivity index (χ4n) is 2.37. The highest BCUT2D eigenvalue weighted by Crippen LogP contribution is 2.29. The standard InChI is InChI=1S/C19H13FI2N4O3/c20-14-4-1-3-12(7-14)11-29-18-15(21)8-13(9-16(18)22)10-24-25-19-17(26(27)28)5-2-6-23-19/h1-10H,11H2,(H,23,25)/b24-10-. The van der Waals surface area contributed by atoms with Crippen LogP contribution in [0.2, 0.25) is 0 Å². The highest BCUT2D eigenvalue weighted by atomic mass is 127. The summed E-state index contributed by atoms with van der Waals surface area (Å²) < 4.78 is 20.9. The zero-order chi connectivity index (χ0) is 20.8. The molecule has 0 amide bonds. The number of rotatable bonds is 7. The smallest absolute Gasteiger partial charge is 0.313 e. The Morgan fingerprint density at radius 3 is 2.66 bits per heavy atom. The molecule has 0 aliphatic rings. The monoisotopic (exact) mass is 618 g/mol. The SMILES string of the molecule is O=[N+]([O-])c1cccnc1N/N=C\c1cc(I)c(OCc2cccc(F)c2)c(I)c1. The van der Waals surface area contributed by atoms with Crippen LogP contribution in [0.1, 0.15) is 11.1 Å². The lowest BCUT2D eigenvalue weighted by Gasteiger charge is -2.11. The molecule has 3 aromatic rings. The second kappa shape index (κ2) is 9.91. The van der Waals surface area contributed by atoms with Gasteiger partial charge in [-0.25, -0.2) is 9.37 Å². The predicted octanol–water partition coefficient (Wildman–Crippen LogP) is 5.36. The zero-order valence-electron chi connectivity index (χ0n) is 14.7. The number of anilines is 1. The third kappa shape index (κ3) is 5.82. The van der Waals surface area contributed by atoms with Gasteiger partial charge in [-0.1, -0.05) is 12.1 Å². The fourth-order valence-corrected chi connectivity index (χ4v) is 4.50. The largest absolute Gasteiger partial charge is 0.487 e. The molecule has 0 saturated carbocycles. The van der Waals surface area contributed by atoms with Crippen molar-refractivity contribution >= 4 is 62.9 Å². The summed E-state index contributed by atoms with van der Waals surface area (Å²) in [7, 11) is 0. The minimum absolute atomic E-state index is 0.0631. The van der Waals surface area contributed by atoms with E-state index in [1.165, 1.54) is 30.5 Å². The highest BCUT2D eigenvalue weighted by molar-refractivity contribution is 14.1. The molecular formula is C19H13FI2N4O3. The molecule has 2 aromatic carbocycles. The van der Waals surface area contributed by atoms with Gasteiger partial charge in [0.25, 0.3) is 0 Å². The van der Waals surface area contributed by atoms with Gasteiger partial charge in [0, 0.05) is 12.3 Å². The molecule has 0 bridgehead atoms. The Morgan fingerprint density at radius 1 is 1.21 bits per heavy atom. The molecule has 1 N–H and O–H groups in total. The van der Waals surface area contributed by atoms with Gasteiger partial charge < -0.3 is 4.74 Å². The van der Waals surface area contributed by atoms with Gasteiger partial charge >= 0.3 is 5.69 Å². The molecule has 3 rings (SSSR count). The van der Waals surface area contributed by atoms with Crippen molar-refractivity contribution in [3.05, 3.63) is 88.9 Å². The van der Waals surface area contributed by atoms with Gasteiger partial charge in [-0.2, -0.15) is 5.10 Å². The number of benzene rings is 2. The molecule has 0 fully saturated rings. The molecule has 0 unspecified atom stereocenters. The number of pyridine rings is 1. The molecule has 148 valence electrons. The summed E-state index contributed by atoms with van der Waals surface area (Å²) in [6.07, 6.45) is 2.99. The van der Waals surface area contributed by atoms with Crippen LogP contribution < -0.4 is 10.2 Å². The van der Waals surface area contributed by atoms with Crippen LogP contribution in [0.4, 0.5) is 15.9 Å². The third-order valence-electron chi connectivity index (χ3n) is 3.66. The quantitative estimate of drug-likeness (QED) is 0.167. The van der Waals surface area contributed by atoms with E-state index in [2.05, 4.69) is 60.7 Å². The lowest BCUT2D eigenvalue weighted by molar-refractivity contribution is -0.384. The number of ether oxygens (including phenoxy) is 1. The van der Waals surface area contributed by atoms with Crippen LogP contribution in [0.5, 0.6) is 5.75 Å². The Labute approximate surface area is 192 Å². The maximum absolute atomic E-state index is 13.3. The van der Waals surface area contributed by atoms with Crippen LogP contribution in [0.25, 0.3) is 0 Å². The van der Waals surface area contributed by atoms with E-state index in [0.717, 1.165) is 18.3 Å². The van der Waals surface area contributed by atoms with E-state index in [0.29, 0.717) is 5.75 Å². The van der Waals surface area contributed by atoms with Crippen molar-refractivity contribution in [1.82, 2.24) is 4.98 Å². The number of nitro groups is 1. The summed E-state index contributed by atoms with van der Waals surface area (Å²) in [6, 6.07) is 12.8. The second-order valence-corrected chi connectivity index (χ2v) is 8.05. The average molecular weight is 618 g/mol. The van der Waals surface area contributed by atoms with Gasteiger partial charge in [0.1, 0.15) is 18.2 Å². The number of aromatic nitrogens is 1. The van der Waals surface area contributed by atoms with E-state index >= 15 is 0 Å². The van der Waals surface area contributed by atoms with Crippen LogP contribution in [0.3, 0.4) is 0 Å². The van der Waals surface area contributed by atoms with Crippen LogP contribution in [0, 0.1) is 23.1 Å². The summed E-state index contributed by atoms with van der Waals surface area (Å²) >= 11 is 4.30. The van der Waals surface area contributed by atoms with Crippen molar-refractivity contribution in [1.29, 1.82) is 0 Å². The second-order valence-electron chi connectivity index (χ2n) is 5.73. The molecule has 0 spiro atoms. The van der Waals surface area contributed by atoms with E-state index < -0.39 is 4.92 Å². The number of hydrogen-bond acceptors (Lipinski definition) is 6. The summed E-state index contributed by atoms with van der Waals surface area (Å²) in [4.78, 5) is 14.4. The lowest BCUT2D eigenvalue weighted by Crippen LogP contribution is -2.01. The predicted molar refractivity (Wildman–Crippen MR) is 125 cm³/mol. The molecule has 29 heavy (non-hydrogen) atoms. The lowest BCUT2D eigenvalue weighted by atomic mass is 10.2. The van der Waals surface area contributed by atoms with Gasteiger partial charge in [0.15, 0.2) is 0 Å².